The van der Waals surface area contributed by atoms with Crippen LogP contribution in [0.1, 0.15) is 13.8 Å². The van der Waals surface area contributed by atoms with Crippen molar-refractivity contribution >= 4 is 29.5 Å². The van der Waals surface area contributed by atoms with Crippen LogP contribution in [0.4, 0.5) is 0 Å². The summed E-state index contributed by atoms with van der Waals surface area (Å²) < 4.78 is 0. The topological polar surface area (TPSA) is 17.1 Å². The molecular weight excluding hydrogens is 383 g/mol. The molecule has 0 radical (unpaired) electrons. The molecule has 0 atom stereocenters. The van der Waals surface area contributed by atoms with Gasteiger partial charge in [0.05, 0.1) is 0 Å². The number of allylic oxidation sites excluding steroid dienone is 6. The van der Waals surface area contributed by atoms with E-state index in [-0.39, 0.29) is 0 Å². The summed E-state index contributed by atoms with van der Waals surface area (Å²) in [7, 11) is -2.25. The van der Waals surface area contributed by atoms with Crippen molar-refractivity contribution in [2.75, 3.05) is 6.16 Å². The average Bonchev–Trinajstić information content (AvgIpc) is 2.82. The summed E-state index contributed by atoms with van der Waals surface area (Å²) in [5.41, 5.74) is 2.05. The second kappa shape index (κ2) is 10.7. The molecule has 0 saturated carbocycles. The van der Waals surface area contributed by atoms with E-state index in [0.29, 0.717) is 0 Å². The van der Waals surface area contributed by atoms with Gasteiger partial charge in [-0.3, -0.25) is 0 Å². The van der Waals surface area contributed by atoms with Crippen LogP contribution in [0, 0.1) is 0 Å². The van der Waals surface area contributed by atoms with Crippen molar-refractivity contribution < 1.29 is 4.79 Å². The minimum absolute atomic E-state index is 0.721. The molecule has 0 fully saturated rings. The van der Waals surface area contributed by atoms with Crippen molar-refractivity contribution in [3.63, 3.8) is 0 Å². The van der Waals surface area contributed by atoms with Gasteiger partial charge in [0.2, 0.25) is 0 Å². The first-order valence-corrected chi connectivity index (χ1v) is 12.5. The molecule has 0 aliphatic rings. The molecule has 0 spiro atoms. The molecule has 3 rings (SSSR count). The first-order valence-electron chi connectivity index (χ1n) is 10.3. The van der Waals surface area contributed by atoms with Crippen LogP contribution in [0.3, 0.4) is 0 Å². The molecule has 3 aromatic rings. The zero-order valence-electron chi connectivity index (χ0n) is 17.7. The molecular formula is C28H29OP. The molecule has 0 amide bonds. The minimum atomic E-state index is -2.25. The summed E-state index contributed by atoms with van der Waals surface area (Å²) in [6, 6.07) is 32.9. The van der Waals surface area contributed by atoms with Crippen LogP contribution in [0.5, 0.6) is 0 Å². The van der Waals surface area contributed by atoms with Gasteiger partial charge in [0.25, 0.3) is 0 Å². The van der Waals surface area contributed by atoms with Crippen LogP contribution >= 0.6 is 7.26 Å². The van der Waals surface area contributed by atoms with Crippen LogP contribution in [-0.2, 0) is 4.79 Å². The van der Waals surface area contributed by atoms with Crippen molar-refractivity contribution in [1.82, 2.24) is 0 Å². The Morgan fingerprint density at radius 3 is 1.47 bits per heavy atom. The normalized spacial score (nSPS) is 13.4. The third-order valence-electron chi connectivity index (χ3n) is 5.38. The first kappa shape index (κ1) is 21.7. The van der Waals surface area contributed by atoms with Gasteiger partial charge in [0.15, 0.2) is 0 Å². The summed E-state index contributed by atoms with van der Waals surface area (Å²) in [4.78, 5) is 10.8. The SMILES string of the molecule is C/C(C=O)=C/C=C/C=C(\C)C[PH](c1ccccc1)(c1ccccc1)c1ccccc1. The van der Waals surface area contributed by atoms with Crippen molar-refractivity contribution in [1.29, 1.82) is 0 Å². The fraction of sp³-hybridized carbons (Fsp3) is 0.107. The monoisotopic (exact) mass is 412 g/mol. The summed E-state index contributed by atoms with van der Waals surface area (Å²) in [6.45, 7) is 4.02. The molecule has 0 bridgehead atoms. The second-order valence-electron chi connectivity index (χ2n) is 7.61. The fourth-order valence-electron chi connectivity index (χ4n) is 3.92. The van der Waals surface area contributed by atoms with Crippen molar-refractivity contribution in [2.45, 2.75) is 13.8 Å². The zero-order valence-corrected chi connectivity index (χ0v) is 18.7. The van der Waals surface area contributed by atoms with Crippen molar-refractivity contribution in [2.24, 2.45) is 0 Å². The number of benzene rings is 3. The predicted octanol–water partition coefficient (Wildman–Crippen LogP) is 5.36. The molecule has 0 heterocycles. The summed E-state index contributed by atoms with van der Waals surface area (Å²) >= 11 is 0. The van der Waals surface area contributed by atoms with E-state index in [1.54, 1.807) is 0 Å². The predicted molar refractivity (Wildman–Crippen MR) is 134 cm³/mol. The van der Waals surface area contributed by atoms with Gasteiger partial charge in [-0.05, 0) is 0 Å². The number of hydrogen-bond acceptors (Lipinski definition) is 1. The molecule has 0 saturated heterocycles. The molecule has 0 aliphatic carbocycles. The van der Waals surface area contributed by atoms with Gasteiger partial charge in [-0.2, -0.15) is 0 Å². The van der Waals surface area contributed by atoms with Gasteiger partial charge in [-0.1, -0.05) is 0 Å². The van der Waals surface area contributed by atoms with E-state index in [9.17, 15) is 4.79 Å². The van der Waals surface area contributed by atoms with Crippen LogP contribution in [-0.4, -0.2) is 12.4 Å². The van der Waals surface area contributed by atoms with Crippen LogP contribution in [0.15, 0.2) is 126 Å². The molecule has 0 aliphatic heterocycles. The standard InChI is InChI=1S/C28H29OP/c1-24(22-29)14-12-13-15-25(2)23-30(26-16-6-3-7-17-26,27-18-8-4-9-19-27)28-20-10-5-11-21-28/h3-22,30H,23H2,1-2H3/b13-12+,24-14-,25-15+. The Morgan fingerprint density at radius 1 is 0.667 bits per heavy atom. The Labute approximate surface area is 180 Å². The molecule has 0 N–H and O–H groups in total. The molecule has 30 heavy (non-hydrogen) atoms. The van der Waals surface area contributed by atoms with Gasteiger partial charge in [-0.15, -0.1) is 0 Å². The van der Waals surface area contributed by atoms with Crippen LogP contribution in [0.2, 0.25) is 0 Å². The van der Waals surface area contributed by atoms with Crippen LogP contribution in [0.25, 0.3) is 0 Å². The molecule has 152 valence electrons. The quantitative estimate of drug-likeness (QED) is 0.211. The van der Waals surface area contributed by atoms with Gasteiger partial charge >= 0.3 is 181 Å². The number of hydrogen-bond donors (Lipinski definition) is 0. The Bertz CT molecular complexity index is 935. The van der Waals surface area contributed by atoms with E-state index in [1.807, 2.05) is 25.2 Å². The van der Waals surface area contributed by atoms with Gasteiger partial charge in [0, 0.05) is 0 Å². The Balaban J connectivity index is 2.13. The van der Waals surface area contributed by atoms with E-state index in [1.165, 1.54) is 21.5 Å². The molecule has 2 heteroatoms. The Kier molecular flexibility index (Phi) is 7.71. The fourth-order valence-corrected chi connectivity index (χ4v) is 8.77. The van der Waals surface area contributed by atoms with E-state index in [0.717, 1.165) is 18.0 Å². The Morgan fingerprint density at radius 2 is 1.07 bits per heavy atom. The van der Waals surface area contributed by atoms with Gasteiger partial charge in [0.1, 0.15) is 0 Å². The first-order chi connectivity index (χ1) is 14.7. The van der Waals surface area contributed by atoms with Crippen molar-refractivity contribution in [3.8, 4) is 0 Å². The number of carbonyl (C=O) groups is 1. The zero-order chi connectivity index (χ0) is 21.2. The van der Waals surface area contributed by atoms with E-state index in [2.05, 4.69) is 104 Å². The maximum atomic E-state index is 10.8. The van der Waals surface area contributed by atoms with Crippen LogP contribution < -0.4 is 15.9 Å². The molecule has 0 aromatic heterocycles. The number of carbonyl (C=O) groups excluding carboxylic acids is 1. The number of aldehydes is 1. The molecule has 3 aromatic carbocycles. The molecule has 1 nitrogen and oxygen atoms in total. The second-order valence-corrected chi connectivity index (χ2v) is 11.5. The van der Waals surface area contributed by atoms with Gasteiger partial charge in [-0.25, -0.2) is 0 Å². The maximum absolute atomic E-state index is 10.8. The number of rotatable bonds is 8. The third-order valence-corrected chi connectivity index (χ3v) is 10.4. The van der Waals surface area contributed by atoms with Crippen molar-refractivity contribution in [3.05, 3.63) is 126 Å². The Hall–Kier alpha value is -3.02. The van der Waals surface area contributed by atoms with E-state index < -0.39 is 7.26 Å². The van der Waals surface area contributed by atoms with E-state index in [4.69, 9.17) is 0 Å². The summed E-state index contributed by atoms with van der Waals surface area (Å²) in [6.07, 6.45) is 9.84. The van der Waals surface area contributed by atoms with E-state index >= 15 is 0 Å². The third kappa shape index (κ3) is 5.12. The average molecular weight is 413 g/mol. The summed E-state index contributed by atoms with van der Waals surface area (Å²) in [5, 5.41) is 4.24. The summed E-state index contributed by atoms with van der Waals surface area (Å²) in [5.74, 6) is 0. The molecule has 0 unspecified atom stereocenters. The van der Waals surface area contributed by atoms with Gasteiger partial charge < -0.3 is 0 Å².